The van der Waals surface area contributed by atoms with Crippen LogP contribution in [0.15, 0.2) is 35.7 Å². The van der Waals surface area contributed by atoms with Crippen LogP contribution in [0.25, 0.3) is 11.0 Å². The standard InChI is InChI=1S/C23H28N4O3S/c1-27(12-9-20-24-18-6-5-16(30-2)14-19(18)25-20)22(29)8-11-23(10-7-21(28)26-23)15-17-4-3-13-31-17/h3-6,13-14H,7-12,15H2,1-2H3,(H,24,25)(H,26,28). The summed E-state index contributed by atoms with van der Waals surface area (Å²) in [4.78, 5) is 35.6. The van der Waals surface area contributed by atoms with Crippen molar-refractivity contribution in [3.8, 4) is 5.75 Å². The first kappa shape index (κ1) is 21.4. The van der Waals surface area contributed by atoms with Crippen LogP contribution < -0.4 is 10.1 Å². The molecule has 0 saturated carbocycles. The van der Waals surface area contributed by atoms with Gasteiger partial charge in [-0.3, -0.25) is 9.59 Å². The number of likely N-dealkylation sites (N-methyl/N-ethyl adjacent to an activating group) is 1. The molecule has 164 valence electrons. The number of aromatic amines is 1. The zero-order chi connectivity index (χ0) is 21.8. The van der Waals surface area contributed by atoms with Gasteiger partial charge in [0.25, 0.3) is 0 Å². The maximum Gasteiger partial charge on any atom is 0.222 e. The van der Waals surface area contributed by atoms with Crippen molar-refractivity contribution < 1.29 is 14.3 Å². The van der Waals surface area contributed by atoms with E-state index in [1.165, 1.54) is 4.88 Å². The summed E-state index contributed by atoms with van der Waals surface area (Å²) in [5.74, 6) is 1.80. The van der Waals surface area contributed by atoms with Crippen LogP contribution in [0, 0.1) is 0 Å². The van der Waals surface area contributed by atoms with Gasteiger partial charge in [-0.1, -0.05) is 6.07 Å². The number of carbonyl (C=O) groups excluding carboxylic acids is 2. The fourth-order valence-corrected chi connectivity index (χ4v) is 5.00. The molecule has 1 aliphatic heterocycles. The van der Waals surface area contributed by atoms with Crippen LogP contribution in [0.5, 0.6) is 5.75 Å². The number of amides is 2. The van der Waals surface area contributed by atoms with Crippen molar-refractivity contribution in [3.63, 3.8) is 0 Å². The fourth-order valence-electron chi connectivity index (χ4n) is 4.15. The lowest BCUT2D eigenvalue weighted by Crippen LogP contribution is -2.44. The molecule has 4 rings (SSSR count). The zero-order valence-electron chi connectivity index (χ0n) is 17.9. The van der Waals surface area contributed by atoms with Crippen molar-refractivity contribution in [2.75, 3.05) is 20.7 Å². The summed E-state index contributed by atoms with van der Waals surface area (Å²) in [5.41, 5.74) is 1.50. The van der Waals surface area contributed by atoms with Crippen LogP contribution in [-0.2, 0) is 22.4 Å². The van der Waals surface area contributed by atoms with E-state index in [0.29, 0.717) is 32.2 Å². The molecule has 1 saturated heterocycles. The van der Waals surface area contributed by atoms with Gasteiger partial charge in [-0.2, -0.15) is 0 Å². The number of thiophene rings is 1. The fraction of sp³-hybridized carbons (Fsp3) is 0.435. The summed E-state index contributed by atoms with van der Waals surface area (Å²) < 4.78 is 5.25. The molecule has 3 aromatic rings. The minimum atomic E-state index is -0.309. The number of benzene rings is 1. The largest absolute Gasteiger partial charge is 0.497 e. The number of hydrogen-bond acceptors (Lipinski definition) is 5. The summed E-state index contributed by atoms with van der Waals surface area (Å²) in [6.07, 6.45) is 3.82. The number of aromatic nitrogens is 2. The second kappa shape index (κ2) is 9.09. The van der Waals surface area contributed by atoms with E-state index in [-0.39, 0.29) is 17.4 Å². The van der Waals surface area contributed by atoms with Crippen LogP contribution in [0.1, 0.15) is 36.4 Å². The normalized spacial score (nSPS) is 18.3. The van der Waals surface area contributed by atoms with Crippen molar-refractivity contribution >= 4 is 34.2 Å². The number of hydrogen-bond donors (Lipinski definition) is 2. The number of imidazole rings is 1. The molecule has 1 unspecified atom stereocenters. The maximum atomic E-state index is 12.8. The van der Waals surface area contributed by atoms with E-state index in [1.54, 1.807) is 23.3 Å². The molecule has 0 aliphatic carbocycles. The van der Waals surface area contributed by atoms with E-state index in [1.807, 2.05) is 36.7 Å². The molecule has 7 nitrogen and oxygen atoms in total. The molecule has 1 fully saturated rings. The third-order valence-corrected chi connectivity index (χ3v) is 6.87. The Balaban J connectivity index is 1.32. The lowest BCUT2D eigenvalue weighted by atomic mass is 9.87. The molecule has 3 heterocycles. The highest BCUT2D eigenvalue weighted by molar-refractivity contribution is 7.09. The summed E-state index contributed by atoms with van der Waals surface area (Å²) in [7, 11) is 3.47. The molecule has 8 heteroatoms. The topological polar surface area (TPSA) is 87.3 Å². The number of rotatable bonds is 9. The summed E-state index contributed by atoms with van der Waals surface area (Å²) in [5, 5.41) is 5.20. The molecule has 0 bridgehead atoms. The molecule has 0 radical (unpaired) electrons. The Kier molecular flexibility index (Phi) is 6.27. The van der Waals surface area contributed by atoms with Crippen molar-refractivity contribution in [1.29, 1.82) is 0 Å². The smallest absolute Gasteiger partial charge is 0.222 e. The van der Waals surface area contributed by atoms with E-state index in [2.05, 4.69) is 21.4 Å². The lowest BCUT2D eigenvalue weighted by molar-refractivity contribution is -0.130. The highest BCUT2D eigenvalue weighted by Gasteiger charge is 2.38. The second-order valence-electron chi connectivity index (χ2n) is 8.22. The van der Waals surface area contributed by atoms with Crippen LogP contribution in [0.4, 0.5) is 0 Å². The molecule has 2 aromatic heterocycles. The zero-order valence-corrected chi connectivity index (χ0v) is 18.8. The van der Waals surface area contributed by atoms with Crippen molar-refractivity contribution in [2.24, 2.45) is 0 Å². The Bertz CT molecular complexity index is 1060. The third-order valence-electron chi connectivity index (χ3n) is 5.99. The molecule has 31 heavy (non-hydrogen) atoms. The quantitative estimate of drug-likeness (QED) is 0.534. The maximum absolute atomic E-state index is 12.8. The van der Waals surface area contributed by atoms with E-state index < -0.39 is 0 Å². The number of nitrogens with zero attached hydrogens (tertiary/aromatic N) is 2. The Hall–Kier alpha value is -2.87. The van der Waals surface area contributed by atoms with Gasteiger partial charge in [-0.05, 0) is 36.4 Å². The molecule has 1 aliphatic rings. The first-order chi connectivity index (χ1) is 15.0. The van der Waals surface area contributed by atoms with Gasteiger partial charge in [0.05, 0.1) is 18.1 Å². The summed E-state index contributed by atoms with van der Waals surface area (Å²) in [6, 6.07) is 9.84. The molecule has 2 N–H and O–H groups in total. The number of nitrogens with one attached hydrogen (secondary N) is 2. The number of methoxy groups -OCH3 is 1. The van der Waals surface area contributed by atoms with Gasteiger partial charge in [-0.25, -0.2) is 4.98 Å². The van der Waals surface area contributed by atoms with Gasteiger partial charge in [0, 0.05) is 55.8 Å². The van der Waals surface area contributed by atoms with Gasteiger partial charge < -0.3 is 19.9 Å². The minimum Gasteiger partial charge on any atom is -0.497 e. The molecular weight excluding hydrogens is 412 g/mol. The lowest BCUT2D eigenvalue weighted by Gasteiger charge is -2.29. The molecule has 1 aromatic carbocycles. The van der Waals surface area contributed by atoms with Crippen LogP contribution in [0.2, 0.25) is 0 Å². The van der Waals surface area contributed by atoms with Crippen molar-refractivity contribution in [1.82, 2.24) is 20.2 Å². The van der Waals surface area contributed by atoms with Gasteiger partial charge >= 0.3 is 0 Å². The number of fused-ring (bicyclic) bond motifs is 1. The molecule has 1 atom stereocenters. The number of carbonyl (C=O) groups is 2. The van der Waals surface area contributed by atoms with Crippen molar-refractivity contribution in [3.05, 3.63) is 46.4 Å². The highest BCUT2D eigenvalue weighted by atomic mass is 32.1. The van der Waals surface area contributed by atoms with Gasteiger partial charge in [0.1, 0.15) is 11.6 Å². The second-order valence-corrected chi connectivity index (χ2v) is 9.25. The van der Waals surface area contributed by atoms with Gasteiger partial charge in [-0.15, -0.1) is 11.3 Å². The Morgan fingerprint density at radius 3 is 2.94 bits per heavy atom. The highest BCUT2D eigenvalue weighted by Crippen LogP contribution is 2.31. The van der Waals surface area contributed by atoms with Crippen LogP contribution >= 0.6 is 11.3 Å². The Labute approximate surface area is 185 Å². The average Bonchev–Trinajstić information content (AvgIpc) is 3.50. The van der Waals surface area contributed by atoms with Gasteiger partial charge in [0.2, 0.25) is 11.8 Å². The predicted octanol–water partition coefficient (Wildman–Crippen LogP) is 3.31. The van der Waals surface area contributed by atoms with Crippen molar-refractivity contribution in [2.45, 2.75) is 44.1 Å². The molecular formula is C23H28N4O3S. The van der Waals surface area contributed by atoms with Crippen LogP contribution in [0.3, 0.4) is 0 Å². The summed E-state index contributed by atoms with van der Waals surface area (Å²) >= 11 is 1.69. The number of H-pyrrole nitrogens is 1. The predicted molar refractivity (Wildman–Crippen MR) is 121 cm³/mol. The van der Waals surface area contributed by atoms with Gasteiger partial charge in [0.15, 0.2) is 0 Å². The van der Waals surface area contributed by atoms with E-state index in [4.69, 9.17) is 4.74 Å². The Morgan fingerprint density at radius 2 is 2.23 bits per heavy atom. The minimum absolute atomic E-state index is 0.0823. The molecule has 2 amide bonds. The molecule has 0 spiro atoms. The Morgan fingerprint density at radius 1 is 1.35 bits per heavy atom. The SMILES string of the molecule is COc1ccc2nc(CCN(C)C(=O)CCC3(Cc4cccs4)CCC(=O)N3)[nH]c2c1. The first-order valence-corrected chi connectivity index (χ1v) is 11.4. The summed E-state index contributed by atoms with van der Waals surface area (Å²) in [6.45, 7) is 0.583. The van der Waals surface area contributed by atoms with E-state index in [0.717, 1.165) is 35.4 Å². The first-order valence-electron chi connectivity index (χ1n) is 10.6. The third kappa shape index (κ3) is 5.07. The monoisotopic (exact) mass is 440 g/mol. The number of ether oxygens (including phenoxy) is 1. The average molecular weight is 441 g/mol. The van der Waals surface area contributed by atoms with E-state index in [9.17, 15) is 9.59 Å². The van der Waals surface area contributed by atoms with Crippen LogP contribution in [-0.4, -0.2) is 52.9 Å². The van der Waals surface area contributed by atoms with E-state index >= 15 is 0 Å².